The number of furan rings is 1. The highest BCUT2D eigenvalue weighted by Gasteiger charge is 2.43. The first-order valence-electron chi connectivity index (χ1n) is 12.7. The summed E-state index contributed by atoms with van der Waals surface area (Å²) < 4.78 is 23.1. The molecule has 5 rings (SSSR count). The first-order chi connectivity index (χ1) is 17.4. The molecular weight excluding hydrogens is 458 g/mol. The SMILES string of the molecule is CC1=C(C(=O)OC[C@H]2CCCO2)[C@H](c2ccccc2OC(C)C)C2=C(C[C@H](c3ccco3)CC2=O)N1. The Bertz CT molecular complexity index is 1190. The van der Waals surface area contributed by atoms with Crippen molar-refractivity contribution < 1.29 is 28.2 Å². The number of para-hydroxylation sites is 1. The van der Waals surface area contributed by atoms with Crippen molar-refractivity contribution >= 4 is 11.8 Å². The highest BCUT2D eigenvalue weighted by Crippen LogP contribution is 2.47. The Labute approximate surface area is 211 Å². The molecule has 7 heteroatoms. The Morgan fingerprint density at radius 2 is 2.00 bits per heavy atom. The molecule has 0 radical (unpaired) electrons. The molecule has 3 heterocycles. The van der Waals surface area contributed by atoms with Crippen molar-refractivity contribution in [3.05, 3.63) is 76.5 Å². The van der Waals surface area contributed by atoms with Crippen molar-refractivity contribution in [2.24, 2.45) is 0 Å². The number of dihydropyridines is 1. The average Bonchev–Trinajstić information content (AvgIpc) is 3.56. The van der Waals surface area contributed by atoms with E-state index in [4.69, 9.17) is 18.6 Å². The van der Waals surface area contributed by atoms with Gasteiger partial charge in [-0.1, -0.05) is 18.2 Å². The van der Waals surface area contributed by atoms with Crippen LogP contribution in [0.5, 0.6) is 5.75 Å². The molecule has 0 bridgehead atoms. The third kappa shape index (κ3) is 4.85. The minimum Gasteiger partial charge on any atom is -0.491 e. The summed E-state index contributed by atoms with van der Waals surface area (Å²) in [5.74, 6) is 0.365. The fourth-order valence-corrected chi connectivity index (χ4v) is 5.45. The zero-order chi connectivity index (χ0) is 25.2. The molecule has 0 amide bonds. The molecule has 1 fully saturated rings. The van der Waals surface area contributed by atoms with Gasteiger partial charge in [-0.25, -0.2) is 4.79 Å². The van der Waals surface area contributed by atoms with E-state index in [2.05, 4.69) is 5.32 Å². The highest BCUT2D eigenvalue weighted by molar-refractivity contribution is 6.04. The van der Waals surface area contributed by atoms with E-state index in [0.29, 0.717) is 42.0 Å². The van der Waals surface area contributed by atoms with Gasteiger partial charge in [0.05, 0.1) is 30.0 Å². The number of esters is 1. The summed E-state index contributed by atoms with van der Waals surface area (Å²) in [6.07, 6.45) is 4.26. The Morgan fingerprint density at radius 3 is 2.72 bits per heavy atom. The lowest BCUT2D eigenvalue weighted by Gasteiger charge is -2.36. The van der Waals surface area contributed by atoms with Crippen LogP contribution in [-0.4, -0.2) is 37.2 Å². The molecule has 3 atom stereocenters. The summed E-state index contributed by atoms with van der Waals surface area (Å²) in [6.45, 7) is 6.68. The predicted molar refractivity (Wildman–Crippen MR) is 133 cm³/mol. The fourth-order valence-electron chi connectivity index (χ4n) is 5.45. The van der Waals surface area contributed by atoms with E-state index in [-0.39, 0.29) is 30.5 Å². The third-order valence-electron chi connectivity index (χ3n) is 7.01. The van der Waals surface area contributed by atoms with Crippen LogP contribution in [0.2, 0.25) is 0 Å². The number of carbonyl (C=O) groups excluding carboxylic acids is 2. The molecular formula is C29H33NO6. The lowest BCUT2D eigenvalue weighted by Crippen LogP contribution is -2.36. The second-order valence-electron chi connectivity index (χ2n) is 9.97. The van der Waals surface area contributed by atoms with E-state index in [1.165, 1.54) is 0 Å². The zero-order valence-electron chi connectivity index (χ0n) is 21.0. The van der Waals surface area contributed by atoms with Gasteiger partial charge in [0.1, 0.15) is 18.1 Å². The van der Waals surface area contributed by atoms with Crippen molar-refractivity contribution in [2.45, 2.75) is 70.5 Å². The van der Waals surface area contributed by atoms with Gasteiger partial charge in [0.25, 0.3) is 0 Å². The molecule has 0 spiro atoms. The average molecular weight is 492 g/mol. The lowest BCUT2D eigenvalue weighted by atomic mass is 9.72. The lowest BCUT2D eigenvalue weighted by molar-refractivity contribution is -0.142. The van der Waals surface area contributed by atoms with Crippen LogP contribution in [0, 0.1) is 0 Å². The van der Waals surface area contributed by atoms with Crippen LogP contribution in [-0.2, 0) is 19.1 Å². The van der Waals surface area contributed by atoms with Crippen molar-refractivity contribution in [1.29, 1.82) is 0 Å². The number of hydrogen-bond donors (Lipinski definition) is 1. The maximum Gasteiger partial charge on any atom is 0.336 e. The molecule has 36 heavy (non-hydrogen) atoms. The number of nitrogens with one attached hydrogen (secondary N) is 1. The molecule has 2 aromatic rings. The number of carbonyl (C=O) groups is 2. The molecule has 3 aliphatic rings. The van der Waals surface area contributed by atoms with Gasteiger partial charge in [-0.15, -0.1) is 0 Å². The second kappa shape index (κ2) is 10.3. The maximum atomic E-state index is 13.7. The van der Waals surface area contributed by atoms with Crippen LogP contribution < -0.4 is 10.1 Å². The number of benzene rings is 1. The second-order valence-corrected chi connectivity index (χ2v) is 9.97. The summed E-state index contributed by atoms with van der Waals surface area (Å²) in [5.41, 5.74) is 3.34. The molecule has 1 N–H and O–H groups in total. The normalized spacial score (nSPS) is 24.1. The number of allylic oxidation sites excluding steroid dienone is 3. The van der Waals surface area contributed by atoms with Crippen molar-refractivity contribution in [2.75, 3.05) is 13.2 Å². The van der Waals surface area contributed by atoms with Crippen molar-refractivity contribution in [3.8, 4) is 5.75 Å². The minimum absolute atomic E-state index is 0.00794. The number of rotatable bonds is 7. The molecule has 1 aromatic heterocycles. The van der Waals surface area contributed by atoms with Gasteiger partial charge in [-0.2, -0.15) is 0 Å². The van der Waals surface area contributed by atoms with E-state index in [0.717, 1.165) is 29.9 Å². The summed E-state index contributed by atoms with van der Waals surface area (Å²) in [5, 5.41) is 3.38. The first-order valence-corrected chi connectivity index (χ1v) is 12.7. The largest absolute Gasteiger partial charge is 0.491 e. The quantitative estimate of drug-likeness (QED) is 0.536. The van der Waals surface area contributed by atoms with E-state index in [9.17, 15) is 9.59 Å². The maximum absolute atomic E-state index is 13.7. The summed E-state index contributed by atoms with van der Waals surface area (Å²) in [4.78, 5) is 27.3. The number of Topliss-reactive ketones (excluding diaryl/α,β-unsaturated/α-hetero) is 1. The zero-order valence-corrected chi connectivity index (χ0v) is 21.0. The van der Waals surface area contributed by atoms with Gasteiger partial charge in [-0.3, -0.25) is 4.79 Å². The molecule has 1 aromatic carbocycles. The fraction of sp³-hybridized carbons (Fsp3) is 0.448. The highest BCUT2D eigenvalue weighted by atomic mass is 16.6. The predicted octanol–water partition coefficient (Wildman–Crippen LogP) is 5.15. The van der Waals surface area contributed by atoms with Crippen LogP contribution in [0.1, 0.15) is 69.6 Å². The first kappa shape index (κ1) is 24.4. The standard InChI is InChI=1S/C29H33NO6/c1-17(2)36-25-10-5-4-9-21(25)27-26(29(32)35-16-20-8-6-12-33-20)18(3)30-22-14-19(15-23(31)28(22)27)24-11-7-13-34-24/h4-5,7,9-11,13,17,19-20,27,30H,6,8,12,14-16H2,1-3H3/t19-,20+,27-/m0/s1. The van der Waals surface area contributed by atoms with Gasteiger partial charge in [0.2, 0.25) is 0 Å². The van der Waals surface area contributed by atoms with Crippen LogP contribution in [0.15, 0.2) is 69.6 Å². The van der Waals surface area contributed by atoms with Gasteiger partial charge in [0, 0.05) is 41.5 Å². The van der Waals surface area contributed by atoms with Crippen molar-refractivity contribution in [3.63, 3.8) is 0 Å². The summed E-state index contributed by atoms with van der Waals surface area (Å²) in [7, 11) is 0. The van der Waals surface area contributed by atoms with Gasteiger partial charge in [-0.05, 0) is 58.2 Å². The number of ether oxygens (including phenoxy) is 3. The van der Waals surface area contributed by atoms with Crippen LogP contribution in [0.3, 0.4) is 0 Å². The molecule has 0 unspecified atom stereocenters. The van der Waals surface area contributed by atoms with E-state index in [1.54, 1.807) is 6.26 Å². The van der Waals surface area contributed by atoms with Crippen LogP contribution in [0.25, 0.3) is 0 Å². The van der Waals surface area contributed by atoms with Gasteiger partial charge in [0.15, 0.2) is 5.78 Å². The van der Waals surface area contributed by atoms with Gasteiger partial charge < -0.3 is 23.9 Å². The molecule has 0 saturated carbocycles. The topological polar surface area (TPSA) is 87.0 Å². The molecule has 1 aliphatic carbocycles. The Kier molecular flexibility index (Phi) is 7.01. The summed E-state index contributed by atoms with van der Waals surface area (Å²) >= 11 is 0. The third-order valence-corrected chi connectivity index (χ3v) is 7.01. The summed E-state index contributed by atoms with van der Waals surface area (Å²) in [6, 6.07) is 11.4. The molecule has 2 aliphatic heterocycles. The molecule has 190 valence electrons. The number of hydrogen-bond acceptors (Lipinski definition) is 7. The van der Waals surface area contributed by atoms with Crippen molar-refractivity contribution in [1.82, 2.24) is 5.32 Å². The smallest absolute Gasteiger partial charge is 0.336 e. The Morgan fingerprint density at radius 1 is 1.17 bits per heavy atom. The Hall–Kier alpha value is -3.32. The van der Waals surface area contributed by atoms with Crippen LogP contribution >= 0.6 is 0 Å². The van der Waals surface area contributed by atoms with Gasteiger partial charge >= 0.3 is 5.97 Å². The minimum atomic E-state index is -0.585. The monoisotopic (exact) mass is 491 g/mol. The van der Waals surface area contributed by atoms with Crippen LogP contribution in [0.4, 0.5) is 0 Å². The van der Waals surface area contributed by atoms with E-state index < -0.39 is 11.9 Å². The van der Waals surface area contributed by atoms with E-state index >= 15 is 0 Å². The molecule has 7 nitrogen and oxygen atoms in total. The van der Waals surface area contributed by atoms with E-state index in [1.807, 2.05) is 57.2 Å². The molecule has 1 saturated heterocycles. The Balaban J connectivity index is 1.55. The number of ketones is 1.